The predicted octanol–water partition coefficient (Wildman–Crippen LogP) is 4.24. The van der Waals surface area contributed by atoms with Gasteiger partial charge in [0.05, 0.1) is 17.2 Å². The molecule has 3 aromatic rings. The van der Waals surface area contributed by atoms with Gasteiger partial charge in [-0.05, 0) is 74.0 Å². The van der Waals surface area contributed by atoms with E-state index < -0.39 is 40.2 Å². The molecule has 0 aliphatic carbocycles. The van der Waals surface area contributed by atoms with E-state index in [-0.39, 0.29) is 17.1 Å². The van der Waals surface area contributed by atoms with E-state index in [0.717, 1.165) is 16.4 Å². The van der Waals surface area contributed by atoms with Crippen molar-refractivity contribution in [2.75, 3.05) is 24.5 Å². The molecular weight excluding hydrogens is 533 g/mol. The first-order chi connectivity index (χ1) is 18.1. The first-order valence-corrected chi connectivity index (χ1v) is 13.7. The fourth-order valence-electron chi connectivity index (χ4n) is 3.74. The Kier molecular flexibility index (Phi) is 9.71. The second-order valence-electron chi connectivity index (χ2n) is 8.30. The highest BCUT2D eigenvalue weighted by Crippen LogP contribution is 2.27. The number of hydrogen-bond donors (Lipinski definition) is 1. The Bertz CT molecular complexity index is 1370. The van der Waals surface area contributed by atoms with Crippen molar-refractivity contribution in [1.82, 2.24) is 10.2 Å². The van der Waals surface area contributed by atoms with Gasteiger partial charge in [-0.1, -0.05) is 29.8 Å². The molecule has 0 bridgehead atoms. The van der Waals surface area contributed by atoms with E-state index in [0.29, 0.717) is 22.9 Å². The fraction of sp³-hybridized carbons (Fsp3) is 0.259. The van der Waals surface area contributed by atoms with Crippen molar-refractivity contribution in [3.63, 3.8) is 0 Å². The number of benzene rings is 3. The molecule has 38 heavy (non-hydrogen) atoms. The van der Waals surface area contributed by atoms with Crippen LogP contribution in [0.25, 0.3) is 0 Å². The van der Waals surface area contributed by atoms with E-state index in [1.807, 2.05) is 0 Å². The van der Waals surface area contributed by atoms with Gasteiger partial charge >= 0.3 is 0 Å². The summed E-state index contributed by atoms with van der Waals surface area (Å²) >= 11 is 6.30. The minimum Gasteiger partial charge on any atom is -0.494 e. The Morgan fingerprint density at radius 3 is 2.24 bits per heavy atom. The minimum absolute atomic E-state index is 0.0343. The summed E-state index contributed by atoms with van der Waals surface area (Å²) in [6.07, 6.45) is 0. The van der Waals surface area contributed by atoms with E-state index >= 15 is 0 Å². The zero-order valence-corrected chi connectivity index (χ0v) is 22.8. The van der Waals surface area contributed by atoms with Crippen molar-refractivity contribution in [2.45, 2.75) is 31.3 Å². The number of nitrogens with zero attached hydrogens (tertiary/aromatic N) is 2. The van der Waals surface area contributed by atoms with Gasteiger partial charge in [-0.15, -0.1) is 0 Å². The van der Waals surface area contributed by atoms with Crippen LogP contribution in [0, 0.1) is 5.82 Å². The van der Waals surface area contributed by atoms with Crippen LogP contribution >= 0.6 is 11.6 Å². The summed E-state index contributed by atoms with van der Waals surface area (Å²) in [6, 6.07) is 16.4. The summed E-state index contributed by atoms with van der Waals surface area (Å²) in [5.74, 6) is -1.17. The quantitative estimate of drug-likeness (QED) is 0.378. The molecular formula is C27H29ClFN3O5S. The van der Waals surface area contributed by atoms with Gasteiger partial charge in [-0.2, -0.15) is 0 Å². The third kappa shape index (κ3) is 6.81. The lowest BCUT2D eigenvalue weighted by Crippen LogP contribution is -2.50. The smallest absolute Gasteiger partial charge is 0.264 e. The molecule has 0 aliphatic heterocycles. The number of ether oxygens (including phenoxy) is 1. The van der Waals surface area contributed by atoms with Gasteiger partial charge in [0.15, 0.2) is 0 Å². The molecule has 1 atom stereocenters. The highest BCUT2D eigenvalue weighted by atomic mass is 35.5. The average molecular weight is 562 g/mol. The highest BCUT2D eigenvalue weighted by Gasteiger charge is 2.32. The Labute approximate surface area is 227 Å². The number of halogens is 2. The molecule has 0 aliphatic rings. The molecule has 0 unspecified atom stereocenters. The molecule has 3 rings (SSSR count). The third-order valence-electron chi connectivity index (χ3n) is 5.83. The Hall–Kier alpha value is -3.63. The van der Waals surface area contributed by atoms with Gasteiger partial charge in [-0.3, -0.25) is 13.9 Å². The van der Waals surface area contributed by atoms with E-state index in [4.69, 9.17) is 16.3 Å². The van der Waals surface area contributed by atoms with Crippen LogP contribution in [0.4, 0.5) is 10.1 Å². The molecule has 3 aromatic carbocycles. The normalized spacial score (nSPS) is 11.9. The lowest BCUT2D eigenvalue weighted by molar-refractivity contribution is -0.139. The van der Waals surface area contributed by atoms with Crippen molar-refractivity contribution in [1.29, 1.82) is 0 Å². The molecule has 0 aromatic heterocycles. The van der Waals surface area contributed by atoms with Crippen LogP contribution in [0.3, 0.4) is 0 Å². The van der Waals surface area contributed by atoms with Gasteiger partial charge in [0, 0.05) is 18.6 Å². The van der Waals surface area contributed by atoms with Crippen LogP contribution in [0.2, 0.25) is 5.02 Å². The molecule has 11 heteroatoms. The zero-order chi connectivity index (χ0) is 27.9. The molecule has 202 valence electrons. The van der Waals surface area contributed by atoms with E-state index in [1.165, 1.54) is 55.3 Å². The number of carbonyl (C=O) groups is 2. The van der Waals surface area contributed by atoms with Crippen molar-refractivity contribution in [2.24, 2.45) is 0 Å². The maximum Gasteiger partial charge on any atom is 0.264 e. The Morgan fingerprint density at radius 1 is 1.03 bits per heavy atom. The lowest BCUT2D eigenvalue weighted by atomic mass is 10.1. The number of hydrogen-bond acceptors (Lipinski definition) is 5. The molecule has 0 radical (unpaired) electrons. The summed E-state index contributed by atoms with van der Waals surface area (Å²) in [7, 11) is -2.84. The van der Waals surface area contributed by atoms with Crippen LogP contribution in [-0.2, 0) is 26.2 Å². The average Bonchev–Trinajstić information content (AvgIpc) is 2.91. The van der Waals surface area contributed by atoms with Crippen LogP contribution in [-0.4, -0.2) is 51.4 Å². The summed E-state index contributed by atoms with van der Waals surface area (Å²) in [5, 5.41) is 2.91. The van der Waals surface area contributed by atoms with E-state index in [1.54, 1.807) is 31.2 Å². The summed E-state index contributed by atoms with van der Waals surface area (Å²) < 4.78 is 47.4. The molecule has 0 heterocycles. The lowest BCUT2D eigenvalue weighted by Gasteiger charge is -2.32. The standard InChI is InChI=1S/C27H29ClFN3O5S/c1-4-37-23-13-15-24(16-14-23)38(35,36)32(22-11-9-21(29)10-12-22)18-26(33)31(19(2)27(34)30-3)17-20-7-5-6-8-25(20)28/h5-16,19H,4,17-18H2,1-3H3,(H,30,34)/t19-/m1/s1. The summed E-state index contributed by atoms with van der Waals surface area (Å²) in [5.41, 5.74) is 0.667. The highest BCUT2D eigenvalue weighted by molar-refractivity contribution is 7.92. The summed E-state index contributed by atoms with van der Waals surface area (Å²) in [6.45, 7) is 3.07. The van der Waals surface area contributed by atoms with Crippen molar-refractivity contribution < 1.29 is 27.1 Å². The van der Waals surface area contributed by atoms with Crippen molar-refractivity contribution in [3.05, 3.63) is 89.2 Å². The van der Waals surface area contributed by atoms with Crippen LogP contribution in [0.5, 0.6) is 5.75 Å². The first-order valence-electron chi connectivity index (χ1n) is 11.8. The topological polar surface area (TPSA) is 96.0 Å². The van der Waals surface area contributed by atoms with Crippen LogP contribution in [0.1, 0.15) is 19.4 Å². The number of sulfonamides is 1. The number of nitrogens with one attached hydrogen (secondary N) is 1. The van der Waals surface area contributed by atoms with E-state index in [2.05, 4.69) is 5.32 Å². The van der Waals surface area contributed by atoms with Crippen molar-refractivity contribution in [3.8, 4) is 5.75 Å². The van der Waals surface area contributed by atoms with Gasteiger partial charge < -0.3 is 15.0 Å². The number of rotatable bonds is 11. The van der Waals surface area contributed by atoms with Gasteiger partial charge in [0.25, 0.3) is 10.0 Å². The maximum absolute atomic E-state index is 13.7. The molecule has 0 saturated carbocycles. The van der Waals surface area contributed by atoms with E-state index in [9.17, 15) is 22.4 Å². The van der Waals surface area contributed by atoms with Gasteiger partial charge in [-0.25, -0.2) is 12.8 Å². The Morgan fingerprint density at radius 2 is 1.66 bits per heavy atom. The summed E-state index contributed by atoms with van der Waals surface area (Å²) in [4.78, 5) is 27.4. The first kappa shape index (κ1) is 28.9. The predicted molar refractivity (Wildman–Crippen MR) is 144 cm³/mol. The molecule has 0 spiro atoms. The molecule has 0 saturated heterocycles. The molecule has 2 amide bonds. The number of likely N-dealkylation sites (N-methyl/N-ethyl adjacent to an activating group) is 1. The number of carbonyl (C=O) groups excluding carboxylic acids is 2. The third-order valence-corrected chi connectivity index (χ3v) is 7.99. The Balaban J connectivity index is 2.02. The maximum atomic E-state index is 13.7. The molecule has 0 fully saturated rings. The van der Waals surface area contributed by atoms with Crippen molar-refractivity contribution >= 4 is 39.1 Å². The largest absolute Gasteiger partial charge is 0.494 e. The minimum atomic E-state index is -4.28. The SMILES string of the molecule is CCOc1ccc(S(=O)(=O)N(CC(=O)N(Cc2ccccc2Cl)[C@H](C)C(=O)NC)c2ccc(F)cc2)cc1. The fourth-order valence-corrected chi connectivity index (χ4v) is 5.35. The van der Waals surface area contributed by atoms with Crippen LogP contribution in [0.15, 0.2) is 77.7 Å². The number of amides is 2. The van der Waals surface area contributed by atoms with Crippen LogP contribution < -0.4 is 14.4 Å². The van der Waals surface area contributed by atoms with Gasteiger partial charge in [0.2, 0.25) is 11.8 Å². The van der Waals surface area contributed by atoms with Gasteiger partial charge in [0.1, 0.15) is 24.2 Å². The number of anilines is 1. The monoisotopic (exact) mass is 561 g/mol. The second-order valence-corrected chi connectivity index (χ2v) is 10.6. The molecule has 8 nitrogen and oxygen atoms in total. The zero-order valence-electron chi connectivity index (χ0n) is 21.2. The second kappa shape index (κ2) is 12.7. The molecule has 1 N–H and O–H groups in total.